The molecule has 1 amide bonds. The first-order valence-electron chi connectivity index (χ1n) is 6.82. The van der Waals surface area contributed by atoms with Crippen LogP contribution >= 0.6 is 0 Å². The number of fused-ring (bicyclic) bond motifs is 1. The highest BCUT2D eigenvalue weighted by Gasteiger charge is 2.36. The summed E-state index contributed by atoms with van der Waals surface area (Å²) in [5, 5.41) is 3.31. The minimum atomic E-state index is -0.237. The fourth-order valence-electron chi connectivity index (χ4n) is 2.93. The summed E-state index contributed by atoms with van der Waals surface area (Å²) in [6, 6.07) is 8.07. The summed E-state index contributed by atoms with van der Waals surface area (Å²) < 4.78 is 5.67. The lowest BCUT2D eigenvalue weighted by Crippen LogP contribution is -2.52. The Morgan fingerprint density at radius 3 is 3.00 bits per heavy atom. The van der Waals surface area contributed by atoms with Crippen LogP contribution in [0, 0.1) is 0 Å². The molecule has 0 radical (unpaired) electrons. The van der Waals surface area contributed by atoms with Gasteiger partial charge >= 0.3 is 0 Å². The van der Waals surface area contributed by atoms with E-state index in [1.54, 1.807) is 0 Å². The largest absolute Gasteiger partial charge is 0.384 e. The first-order chi connectivity index (χ1) is 9.07. The maximum absolute atomic E-state index is 12.7. The number of nitrogens with one attached hydrogen (secondary N) is 1. The lowest BCUT2D eigenvalue weighted by atomic mass is 9.98. The Balaban J connectivity index is 1.78. The van der Waals surface area contributed by atoms with Gasteiger partial charge in [0.05, 0.1) is 18.1 Å². The summed E-state index contributed by atoms with van der Waals surface area (Å²) in [6.07, 6.45) is 0. The minimum absolute atomic E-state index is 0.0508. The number of nitrogens with zero attached hydrogens (tertiary/aromatic N) is 1. The quantitative estimate of drug-likeness (QED) is 0.837. The highest BCUT2D eigenvalue weighted by Crippen LogP contribution is 2.33. The van der Waals surface area contributed by atoms with E-state index in [1.165, 1.54) is 0 Å². The molecule has 4 nitrogen and oxygen atoms in total. The zero-order valence-corrected chi connectivity index (χ0v) is 11.5. The number of para-hydroxylation sites is 1. The average molecular weight is 260 g/mol. The zero-order chi connectivity index (χ0) is 13.5. The maximum atomic E-state index is 12.7. The number of carbonyl (C=O) groups is 1. The van der Waals surface area contributed by atoms with Crippen LogP contribution in [0.1, 0.15) is 25.3 Å². The highest BCUT2D eigenvalue weighted by molar-refractivity contribution is 5.88. The van der Waals surface area contributed by atoms with E-state index in [-0.39, 0.29) is 17.4 Å². The van der Waals surface area contributed by atoms with E-state index in [9.17, 15) is 4.79 Å². The molecule has 2 aliphatic heterocycles. The molecule has 1 aromatic rings. The van der Waals surface area contributed by atoms with Crippen molar-refractivity contribution in [2.75, 3.05) is 31.6 Å². The van der Waals surface area contributed by atoms with Gasteiger partial charge in [-0.15, -0.1) is 0 Å². The van der Waals surface area contributed by atoms with Gasteiger partial charge in [-0.3, -0.25) is 4.79 Å². The Labute approximate surface area is 113 Å². The van der Waals surface area contributed by atoms with Gasteiger partial charge in [0.1, 0.15) is 0 Å². The normalized spacial score (nSPS) is 24.7. The monoisotopic (exact) mass is 260 g/mol. The van der Waals surface area contributed by atoms with Crippen LogP contribution in [0.4, 0.5) is 5.69 Å². The molecule has 0 aliphatic carbocycles. The van der Waals surface area contributed by atoms with E-state index in [2.05, 4.69) is 5.32 Å². The van der Waals surface area contributed by atoms with Crippen molar-refractivity contribution in [1.29, 1.82) is 0 Å². The molecule has 2 aliphatic rings. The van der Waals surface area contributed by atoms with E-state index in [0.29, 0.717) is 26.2 Å². The van der Waals surface area contributed by atoms with E-state index in [4.69, 9.17) is 4.74 Å². The topological polar surface area (TPSA) is 41.6 Å². The summed E-state index contributed by atoms with van der Waals surface area (Å²) in [6.45, 7) is 6.77. The van der Waals surface area contributed by atoms with Crippen LogP contribution in [0.15, 0.2) is 24.3 Å². The number of benzene rings is 1. The van der Waals surface area contributed by atoms with Gasteiger partial charge in [0.2, 0.25) is 5.91 Å². The number of carbonyl (C=O) groups excluding carboxylic acids is 1. The Kier molecular flexibility index (Phi) is 2.97. The molecule has 4 heteroatoms. The minimum Gasteiger partial charge on any atom is -0.384 e. The molecule has 0 saturated carbocycles. The van der Waals surface area contributed by atoms with Crippen LogP contribution in [-0.2, 0) is 9.53 Å². The number of ether oxygens (including phenoxy) is 1. The molecule has 0 spiro atoms. The van der Waals surface area contributed by atoms with Crippen molar-refractivity contribution in [3.8, 4) is 0 Å². The van der Waals surface area contributed by atoms with Crippen LogP contribution in [0.2, 0.25) is 0 Å². The van der Waals surface area contributed by atoms with E-state index in [0.717, 1.165) is 11.3 Å². The number of rotatable bonds is 1. The number of anilines is 1. The van der Waals surface area contributed by atoms with Crippen molar-refractivity contribution in [3.63, 3.8) is 0 Å². The van der Waals surface area contributed by atoms with E-state index < -0.39 is 0 Å². The van der Waals surface area contributed by atoms with Gasteiger partial charge in [-0.2, -0.15) is 0 Å². The second-order valence-corrected chi connectivity index (χ2v) is 5.89. The maximum Gasteiger partial charge on any atom is 0.232 e. The van der Waals surface area contributed by atoms with Crippen LogP contribution in [-0.4, -0.2) is 42.6 Å². The lowest BCUT2D eigenvalue weighted by molar-refractivity contribution is -0.147. The highest BCUT2D eigenvalue weighted by atomic mass is 16.5. The molecule has 102 valence electrons. The molecule has 1 N–H and O–H groups in total. The third-order valence-corrected chi connectivity index (χ3v) is 3.87. The molecule has 2 heterocycles. The van der Waals surface area contributed by atoms with Gasteiger partial charge in [0.25, 0.3) is 0 Å². The SMILES string of the molecule is CC1(C)CN(C(=O)C2CNc3ccccc32)CCO1. The molecule has 0 aromatic heterocycles. The molecule has 1 aromatic carbocycles. The van der Waals surface area contributed by atoms with Crippen molar-refractivity contribution >= 4 is 11.6 Å². The van der Waals surface area contributed by atoms with E-state index in [1.807, 2.05) is 43.0 Å². The first kappa shape index (κ1) is 12.5. The predicted octanol–water partition coefficient (Wildman–Crippen LogP) is 1.83. The van der Waals surface area contributed by atoms with E-state index >= 15 is 0 Å². The predicted molar refractivity (Wildman–Crippen MR) is 74.3 cm³/mol. The fourth-order valence-corrected chi connectivity index (χ4v) is 2.93. The van der Waals surface area contributed by atoms with Gasteiger partial charge in [-0.05, 0) is 25.5 Å². The number of hydrogen-bond acceptors (Lipinski definition) is 3. The van der Waals surface area contributed by atoms with Crippen molar-refractivity contribution in [3.05, 3.63) is 29.8 Å². The van der Waals surface area contributed by atoms with Crippen molar-refractivity contribution < 1.29 is 9.53 Å². The molecule has 3 rings (SSSR count). The third-order valence-electron chi connectivity index (χ3n) is 3.87. The molecule has 19 heavy (non-hydrogen) atoms. The van der Waals surface area contributed by atoms with Gasteiger partial charge in [-0.25, -0.2) is 0 Å². The second-order valence-electron chi connectivity index (χ2n) is 5.89. The lowest BCUT2D eigenvalue weighted by Gasteiger charge is -2.39. The van der Waals surface area contributed by atoms with Crippen LogP contribution in [0.5, 0.6) is 0 Å². The number of amides is 1. The van der Waals surface area contributed by atoms with Crippen LogP contribution in [0.25, 0.3) is 0 Å². The smallest absolute Gasteiger partial charge is 0.232 e. The van der Waals surface area contributed by atoms with Crippen molar-refractivity contribution in [1.82, 2.24) is 4.90 Å². The summed E-state index contributed by atoms with van der Waals surface area (Å²) in [5.41, 5.74) is 1.98. The first-order valence-corrected chi connectivity index (χ1v) is 6.82. The summed E-state index contributed by atoms with van der Waals surface area (Å²) >= 11 is 0. The van der Waals surface area contributed by atoms with Gasteiger partial charge in [-0.1, -0.05) is 18.2 Å². The molecular formula is C15H20N2O2. The molecule has 1 fully saturated rings. The molecule has 1 unspecified atom stereocenters. The summed E-state index contributed by atoms with van der Waals surface area (Å²) in [5.74, 6) is 0.166. The average Bonchev–Trinajstić information content (AvgIpc) is 2.80. The summed E-state index contributed by atoms with van der Waals surface area (Å²) in [4.78, 5) is 14.6. The molecule has 0 bridgehead atoms. The van der Waals surface area contributed by atoms with Crippen molar-refractivity contribution in [2.45, 2.75) is 25.4 Å². The fraction of sp³-hybridized carbons (Fsp3) is 0.533. The Morgan fingerprint density at radius 2 is 2.21 bits per heavy atom. The molecular weight excluding hydrogens is 240 g/mol. The van der Waals surface area contributed by atoms with Crippen molar-refractivity contribution in [2.24, 2.45) is 0 Å². The standard InChI is InChI=1S/C15H20N2O2/c1-15(2)10-17(7-8-19-15)14(18)12-9-16-13-6-4-3-5-11(12)13/h3-6,12,16H,7-10H2,1-2H3. The zero-order valence-electron chi connectivity index (χ0n) is 11.5. The van der Waals surface area contributed by atoms with Crippen LogP contribution < -0.4 is 5.32 Å². The Bertz CT molecular complexity index is 499. The van der Waals surface area contributed by atoms with Gasteiger partial charge in [0, 0.05) is 25.3 Å². The molecule has 1 atom stereocenters. The van der Waals surface area contributed by atoms with Crippen LogP contribution in [0.3, 0.4) is 0 Å². The number of morpholine rings is 1. The van der Waals surface area contributed by atoms with Gasteiger partial charge in [0.15, 0.2) is 0 Å². The molecule has 1 saturated heterocycles. The third kappa shape index (κ3) is 2.32. The Morgan fingerprint density at radius 1 is 1.42 bits per heavy atom. The second kappa shape index (κ2) is 4.53. The number of hydrogen-bond donors (Lipinski definition) is 1. The van der Waals surface area contributed by atoms with Gasteiger partial charge < -0.3 is 15.0 Å². The summed E-state index contributed by atoms with van der Waals surface area (Å²) in [7, 11) is 0. The Hall–Kier alpha value is -1.55.